The van der Waals surface area contributed by atoms with Gasteiger partial charge in [-0.1, -0.05) is 59.1 Å². The van der Waals surface area contributed by atoms with Crippen molar-refractivity contribution in [1.29, 1.82) is 0 Å². The predicted molar refractivity (Wildman–Crippen MR) is 144 cm³/mol. The number of hydrogen-bond acceptors (Lipinski definition) is 5. The zero-order valence-corrected chi connectivity index (χ0v) is 22.9. The number of methoxy groups -OCH3 is 1. The third-order valence-electron chi connectivity index (χ3n) is 5.10. The van der Waals surface area contributed by atoms with Crippen LogP contribution in [0.5, 0.6) is 11.5 Å². The second kappa shape index (κ2) is 11.3. The number of amides is 2. The van der Waals surface area contributed by atoms with Gasteiger partial charge in [-0.25, -0.2) is 0 Å². The molecular weight excluding hydrogens is 597 g/mol. The van der Waals surface area contributed by atoms with Crippen molar-refractivity contribution >= 4 is 79.7 Å². The maximum Gasteiger partial charge on any atom is 0.293 e. The molecule has 35 heavy (non-hydrogen) atoms. The molecule has 1 aliphatic rings. The molecule has 10 heteroatoms. The van der Waals surface area contributed by atoms with Crippen molar-refractivity contribution in [2.45, 2.75) is 13.2 Å². The van der Waals surface area contributed by atoms with Crippen LogP contribution in [0.2, 0.25) is 15.1 Å². The molecule has 4 rings (SSSR count). The van der Waals surface area contributed by atoms with Crippen LogP contribution in [0.1, 0.15) is 16.7 Å². The molecule has 3 aromatic rings. The van der Waals surface area contributed by atoms with E-state index in [9.17, 15) is 9.59 Å². The van der Waals surface area contributed by atoms with Crippen molar-refractivity contribution in [1.82, 2.24) is 4.90 Å². The van der Waals surface area contributed by atoms with E-state index >= 15 is 0 Å². The highest BCUT2D eigenvalue weighted by atomic mass is 79.9. The number of halogens is 4. The molecule has 0 N–H and O–H groups in total. The van der Waals surface area contributed by atoms with E-state index in [4.69, 9.17) is 44.3 Å². The number of hydrogen-bond donors (Lipinski definition) is 0. The summed E-state index contributed by atoms with van der Waals surface area (Å²) in [7, 11) is 1.52. The first-order chi connectivity index (χ1) is 16.8. The lowest BCUT2D eigenvalue weighted by Gasteiger charge is -2.15. The van der Waals surface area contributed by atoms with E-state index in [2.05, 4.69) is 15.9 Å². The lowest BCUT2D eigenvalue weighted by molar-refractivity contribution is -0.123. The van der Waals surface area contributed by atoms with Crippen LogP contribution in [0, 0.1) is 0 Å². The standard InChI is InChI=1S/C25H17BrCl3NO4S/c1-33-21-9-14(8-18(26)23(21)34-13-16-6-7-17(27)11-20(16)29)10-22-24(31)30(25(32)35-22)12-15-4-2-3-5-19(15)28/h2-11H,12-13H2,1H3/b22-10+. The van der Waals surface area contributed by atoms with Gasteiger partial charge in [0.1, 0.15) is 6.61 Å². The first kappa shape index (κ1) is 25.9. The number of rotatable bonds is 7. The summed E-state index contributed by atoms with van der Waals surface area (Å²) in [5.74, 6) is 0.543. The Balaban J connectivity index is 1.54. The normalized spacial score (nSPS) is 14.7. The molecule has 0 unspecified atom stereocenters. The number of thioether (sulfide) groups is 1. The maximum atomic E-state index is 12.9. The van der Waals surface area contributed by atoms with Crippen LogP contribution < -0.4 is 9.47 Å². The van der Waals surface area contributed by atoms with Crippen LogP contribution >= 0.6 is 62.5 Å². The Morgan fingerprint density at radius 1 is 1.00 bits per heavy atom. The smallest absolute Gasteiger partial charge is 0.293 e. The van der Waals surface area contributed by atoms with Gasteiger partial charge in [-0.05, 0) is 75.2 Å². The lowest BCUT2D eigenvalue weighted by Crippen LogP contribution is -2.27. The van der Waals surface area contributed by atoms with Crippen LogP contribution in [0.15, 0.2) is 64.0 Å². The minimum absolute atomic E-state index is 0.106. The Kier molecular flexibility index (Phi) is 8.34. The third-order valence-corrected chi connectivity index (χ3v) is 7.55. The van der Waals surface area contributed by atoms with Gasteiger partial charge in [-0.15, -0.1) is 0 Å². The fourth-order valence-electron chi connectivity index (χ4n) is 3.34. The van der Waals surface area contributed by atoms with Gasteiger partial charge >= 0.3 is 0 Å². The second-order valence-corrected chi connectivity index (χ2v) is 10.5. The monoisotopic (exact) mass is 611 g/mol. The minimum atomic E-state index is -0.382. The highest BCUT2D eigenvalue weighted by Gasteiger charge is 2.35. The van der Waals surface area contributed by atoms with E-state index in [-0.39, 0.29) is 24.3 Å². The molecule has 2 amide bonds. The molecule has 1 aliphatic heterocycles. The van der Waals surface area contributed by atoms with Crippen molar-refractivity contribution in [2.24, 2.45) is 0 Å². The minimum Gasteiger partial charge on any atom is -0.493 e. The summed E-state index contributed by atoms with van der Waals surface area (Å²) >= 11 is 22.8. The average Bonchev–Trinajstić information content (AvgIpc) is 3.07. The molecular formula is C25H17BrCl3NO4S. The molecule has 5 nitrogen and oxygen atoms in total. The summed E-state index contributed by atoms with van der Waals surface area (Å²) in [5.41, 5.74) is 2.12. The molecule has 0 saturated carbocycles. The number of carbonyl (C=O) groups excluding carboxylic acids is 2. The zero-order chi connectivity index (χ0) is 25.1. The summed E-state index contributed by atoms with van der Waals surface area (Å²) in [6.07, 6.45) is 1.64. The molecule has 0 aromatic heterocycles. The highest BCUT2D eigenvalue weighted by Crippen LogP contribution is 2.40. The first-order valence-corrected chi connectivity index (χ1v) is 12.9. The van der Waals surface area contributed by atoms with E-state index in [0.717, 1.165) is 17.3 Å². The van der Waals surface area contributed by atoms with Crippen molar-refractivity contribution in [3.05, 3.63) is 95.7 Å². The van der Waals surface area contributed by atoms with E-state index in [1.807, 2.05) is 6.07 Å². The molecule has 0 radical (unpaired) electrons. The van der Waals surface area contributed by atoms with Gasteiger partial charge in [-0.2, -0.15) is 0 Å². The van der Waals surface area contributed by atoms with Gasteiger partial charge in [0, 0.05) is 20.6 Å². The fraction of sp³-hybridized carbons (Fsp3) is 0.120. The third kappa shape index (κ3) is 5.98. The number of imide groups is 1. The average molecular weight is 614 g/mol. The van der Waals surface area contributed by atoms with Crippen LogP contribution in [-0.4, -0.2) is 23.2 Å². The van der Waals surface area contributed by atoms with Gasteiger partial charge in [-0.3, -0.25) is 14.5 Å². The highest BCUT2D eigenvalue weighted by molar-refractivity contribution is 9.10. The Labute approximate surface area is 230 Å². The van der Waals surface area contributed by atoms with Gasteiger partial charge in [0.25, 0.3) is 11.1 Å². The number of ether oxygens (including phenoxy) is 2. The van der Waals surface area contributed by atoms with Gasteiger partial charge in [0.2, 0.25) is 0 Å². The Morgan fingerprint density at radius 2 is 1.77 bits per heavy atom. The van der Waals surface area contributed by atoms with Gasteiger partial charge < -0.3 is 9.47 Å². The molecule has 3 aromatic carbocycles. The zero-order valence-electron chi connectivity index (χ0n) is 18.2. The quantitative estimate of drug-likeness (QED) is 0.251. The fourth-order valence-corrected chi connectivity index (χ4v) is 5.41. The van der Waals surface area contributed by atoms with E-state index in [1.165, 1.54) is 12.0 Å². The molecule has 0 spiro atoms. The molecule has 0 aliphatic carbocycles. The Bertz CT molecular complexity index is 1350. The van der Waals surface area contributed by atoms with Crippen LogP contribution in [-0.2, 0) is 17.9 Å². The molecule has 1 heterocycles. The summed E-state index contributed by atoms with van der Waals surface area (Å²) in [4.78, 5) is 26.9. The topological polar surface area (TPSA) is 55.8 Å². The molecule has 1 fully saturated rings. The molecule has 0 bridgehead atoms. The van der Waals surface area contributed by atoms with Gasteiger partial charge in [0.15, 0.2) is 11.5 Å². The van der Waals surface area contributed by atoms with Crippen LogP contribution in [0.3, 0.4) is 0 Å². The van der Waals surface area contributed by atoms with E-state index in [1.54, 1.807) is 54.6 Å². The maximum absolute atomic E-state index is 12.9. The predicted octanol–water partition coefficient (Wildman–Crippen LogP) is 8.23. The van der Waals surface area contributed by atoms with Crippen molar-refractivity contribution in [3.8, 4) is 11.5 Å². The molecule has 1 saturated heterocycles. The Hall–Kier alpha value is -2.16. The SMILES string of the molecule is COc1cc(/C=C2/SC(=O)N(Cc3ccccc3Cl)C2=O)cc(Br)c1OCc1ccc(Cl)cc1Cl. The first-order valence-electron chi connectivity index (χ1n) is 10.2. The summed E-state index contributed by atoms with van der Waals surface area (Å²) in [5, 5.41) is 1.18. The molecule has 0 atom stereocenters. The van der Waals surface area contributed by atoms with Crippen molar-refractivity contribution < 1.29 is 19.1 Å². The molecule has 180 valence electrons. The van der Waals surface area contributed by atoms with Crippen LogP contribution in [0.4, 0.5) is 4.79 Å². The Morgan fingerprint density at radius 3 is 2.49 bits per heavy atom. The van der Waals surface area contributed by atoms with Gasteiger partial charge in [0.05, 0.1) is 23.0 Å². The largest absolute Gasteiger partial charge is 0.493 e. The van der Waals surface area contributed by atoms with Crippen molar-refractivity contribution in [3.63, 3.8) is 0 Å². The number of nitrogens with zero attached hydrogens (tertiary/aromatic N) is 1. The van der Waals surface area contributed by atoms with E-state index < -0.39 is 0 Å². The number of carbonyl (C=O) groups is 2. The van der Waals surface area contributed by atoms with E-state index in [0.29, 0.717) is 47.1 Å². The number of benzene rings is 3. The second-order valence-electron chi connectivity index (χ2n) is 7.42. The lowest BCUT2D eigenvalue weighted by atomic mass is 10.1. The summed E-state index contributed by atoms with van der Waals surface area (Å²) < 4.78 is 12.1. The summed E-state index contributed by atoms with van der Waals surface area (Å²) in [6, 6.07) is 15.8. The van der Waals surface area contributed by atoms with Crippen molar-refractivity contribution in [2.75, 3.05) is 7.11 Å². The summed E-state index contributed by atoms with van der Waals surface area (Å²) in [6.45, 7) is 0.306. The van der Waals surface area contributed by atoms with Crippen LogP contribution in [0.25, 0.3) is 6.08 Å².